The summed E-state index contributed by atoms with van der Waals surface area (Å²) in [6.07, 6.45) is 0. The minimum absolute atomic E-state index is 0.0903. The molecule has 54 valence electrons. The SMILES string of the molecule is O=C1CN2NC(=O)NN2C1. The van der Waals surface area contributed by atoms with Gasteiger partial charge in [-0.3, -0.25) is 15.6 Å². The molecule has 0 atom stereocenters. The summed E-state index contributed by atoms with van der Waals surface area (Å²) in [6, 6.07) is -0.285. The largest absolute Gasteiger partial charge is 0.346 e. The van der Waals surface area contributed by atoms with Crippen molar-refractivity contribution in [2.75, 3.05) is 13.1 Å². The molecule has 2 aliphatic heterocycles. The minimum Gasteiger partial charge on any atom is -0.297 e. The topological polar surface area (TPSA) is 64.7 Å². The summed E-state index contributed by atoms with van der Waals surface area (Å²) in [5, 5.41) is 2.90. The van der Waals surface area contributed by atoms with Gasteiger partial charge in [-0.2, -0.15) is 0 Å². The summed E-state index contributed by atoms with van der Waals surface area (Å²) in [4.78, 5) is 21.2. The van der Waals surface area contributed by atoms with E-state index in [0.29, 0.717) is 0 Å². The van der Waals surface area contributed by atoms with E-state index in [1.807, 2.05) is 0 Å². The van der Waals surface area contributed by atoms with Gasteiger partial charge in [-0.25, -0.2) is 4.79 Å². The van der Waals surface area contributed by atoms with Crippen LogP contribution in [-0.4, -0.2) is 35.1 Å². The second-order valence-corrected chi connectivity index (χ2v) is 2.21. The number of hydrogen-bond acceptors (Lipinski definition) is 4. The molecule has 0 bridgehead atoms. The number of nitrogens with zero attached hydrogens (tertiary/aromatic N) is 2. The van der Waals surface area contributed by atoms with E-state index in [-0.39, 0.29) is 24.9 Å². The number of hydrogen-bond donors (Lipinski definition) is 2. The lowest BCUT2D eigenvalue weighted by Gasteiger charge is -2.11. The van der Waals surface area contributed by atoms with E-state index in [9.17, 15) is 9.59 Å². The Morgan fingerprint density at radius 3 is 2.10 bits per heavy atom. The van der Waals surface area contributed by atoms with E-state index < -0.39 is 0 Å². The van der Waals surface area contributed by atoms with Gasteiger partial charge in [-0.1, -0.05) is 0 Å². The first-order chi connectivity index (χ1) is 4.75. The molecule has 2 N–H and O–H groups in total. The zero-order valence-electron chi connectivity index (χ0n) is 5.13. The Balaban J connectivity index is 2.12. The predicted octanol–water partition coefficient (Wildman–Crippen LogP) is -1.77. The molecule has 2 heterocycles. The number of nitrogens with one attached hydrogen (secondary N) is 2. The molecule has 2 aliphatic rings. The Morgan fingerprint density at radius 2 is 1.60 bits per heavy atom. The number of carbonyl (C=O) groups excluding carboxylic acids is 2. The van der Waals surface area contributed by atoms with Crippen LogP contribution in [0.5, 0.6) is 0 Å². The molecule has 6 nitrogen and oxygen atoms in total. The van der Waals surface area contributed by atoms with Gasteiger partial charge in [0.15, 0.2) is 5.78 Å². The molecular formula is C4H6N4O2. The van der Waals surface area contributed by atoms with Gasteiger partial charge in [-0.15, -0.1) is 10.2 Å². The van der Waals surface area contributed by atoms with Crippen molar-refractivity contribution in [2.45, 2.75) is 0 Å². The monoisotopic (exact) mass is 142 g/mol. The Bertz CT molecular complexity index is 165. The van der Waals surface area contributed by atoms with Crippen LogP contribution < -0.4 is 10.9 Å². The summed E-state index contributed by atoms with van der Waals surface area (Å²) in [7, 11) is 0. The Labute approximate surface area is 56.7 Å². The van der Waals surface area contributed by atoms with Crippen LogP contribution >= 0.6 is 0 Å². The lowest BCUT2D eigenvalue weighted by molar-refractivity contribution is -0.116. The average Bonchev–Trinajstić information content (AvgIpc) is 2.21. The van der Waals surface area contributed by atoms with Crippen LogP contribution in [0, 0.1) is 0 Å². The molecule has 0 aliphatic carbocycles. The van der Waals surface area contributed by atoms with Crippen LogP contribution in [0.4, 0.5) is 4.79 Å². The molecule has 0 aromatic rings. The van der Waals surface area contributed by atoms with E-state index in [1.165, 1.54) is 10.2 Å². The van der Waals surface area contributed by atoms with Gasteiger partial charge in [-0.05, 0) is 0 Å². The van der Waals surface area contributed by atoms with Gasteiger partial charge in [0.25, 0.3) is 0 Å². The van der Waals surface area contributed by atoms with E-state index in [1.54, 1.807) is 0 Å². The van der Waals surface area contributed by atoms with Crippen molar-refractivity contribution in [3.63, 3.8) is 0 Å². The Hall–Kier alpha value is -1.14. The van der Waals surface area contributed by atoms with E-state index >= 15 is 0 Å². The van der Waals surface area contributed by atoms with Gasteiger partial charge in [0.1, 0.15) is 0 Å². The van der Waals surface area contributed by atoms with Crippen molar-refractivity contribution in [3.05, 3.63) is 0 Å². The highest BCUT2D eigenvalue weighted by Crippen LogP contribution is 2.04. The predicted molar refractivity (Wildman–Crippen MR) is 30.1 cm³/mol. The maximum absolute atomic E-state index is 10.7. The van der Waals surface area contributed by atoms with E-state index in [4.69, 9.17) is 0 Å². The van der Waals surface area contributed by atoms with Crippen molar-refractivity contribution >= 4 is 11.8 Å². The molecule has 2 saturated heterocycles. The highest BCUT2D eigenvalue weighted by Gasteiger charge is 2.35. The number of amides is 2. The van der Waals surface area contributed by atoms with Crippen LogP contribution in [0.25, 0.3) is 0 Å². The first-order valence-corrected chi connectivity index (χ1v) is 2.90. The van der Waals surface area contributed by atoms with Crippen LogP contribution in [-0.2, 0) is 4.79 Å². The van der Waals surface area contributed by atoms with Gasteiger partial charge < -0.3 is 0 Å². The van der Waals surface area contributed by atoms with Crippen LogP contribution in [0.1, 0.15) is 0 Å². The molecule has 0 unspecified atom stereocenters. The quantitative estimate of drug-likeness (QED) is 0.420. The molecule has 6 heteroatoms. The number of hydrazine groups is 3. The van der Waals surface area contributed by atoms with Gasteiger partial charge in [0.2, 0.25) is 0 Å². The third kappa shape index (κ3) is 0.662. The zero-order valence-corrected chi connectivity index (χ0v) is 5.13. The summed E-state index contributed by atoms with van der Waals surface area (Å²) < 4.78 is 0. The molecule has 2 fully saturated rings. The van der Waals surface area contributed by atoms with Crippen LogP contribution in [0.3, 0.4) is 0 Å². The van der Waals surface area contributed by atoms with Gasteiger partial charge >= 0.3 is 6.03 Å². The maximum atomic E-state index is 10.7. The number of ketones is 1. The Kier molecular flexibility index (Phi) is 0.943. The van der Waals surface area contributed by atoms with Crippen molar-refractivity contribution in [3.8, 4) is 0 Å². The maximum Gasteiger partial charge on any atom is 0.346 e. The second-order valence-electron chi connectivity index (χ2n) is 2.21. The number of carbonyl (C=O) groups is 2. The zero-order chi connectivity index (χ0) is 7.14. The fraction of sp³-hybridized carbons (Fsp3) is 0.500. The Morgan fingerprint density at radius 1 is 1.10 bits per heavy atom. The summed E-state index contributed by atoms with van der Waals surface area (Å²) in [5.74, 6) is 0.0903. The first kappa shape index (κ1) is 5.63. The highest BCUT2D eigenvalue weighted by atomic mass is 16.2. The third-order valence-corrected chi connectivity index (χ3v) is 1.40. The van der Waals surface area contributed by atoms with Crippen molar-refractivity contribution < 1.29 is 9.59 Å². The van der Waals surface area contributed by atoms with Crippen LogP contribution in [0.2, 0.25) is 0 Å². The minimum atomic E-state index is -0.285. The van der Waals surface area contributed by atoms with Crippen molar-refractivity contribution in [2.24, 2.45) is 0 Å². The second kappa shape index (κ2) is 1.68. The van der Waals surface area contributed by atoms with Crippen LogP contribution in [0.15, 0.2) is 0 Å². The van der Waals surface area contributed by atoms with Gasteiger partial charge in [0, 0.05) is 0 Å². The van der Waals surface area contributed by atoms with E-state index in [2.05, 4.69) is 10.9 Å². The number of fused-ring (bicyclic) bond motifs is 1. The standard InChI is InChI=1S/C4H6N4O2/c9-3-1-7-5-4(10)6-8(7)2-3/h1-2H2,(H2,5,6,10). The molecule has 2 rings (SSSR count). The molecule has 0 aromatic carbocycles. The number of urea groups is 1. The fourth-order valence-electron chi connectivity index (χ4n) is 1.01. The smallest absolute Gasteiger partial charge is 0.297 e. The number of rotatable bonds is 0. The molecule has 0 aromatic heterocycles. The molecular weight excluding hydrogens is 136 g/mol. The lowest BCUT2D eigenvalue weighted by Crippen LogP contribution is -2.38. The molecule has 0 saturated carbocycles. The third-order valence-electron chi connectivity index (χ3n) is 1.40. The average molecular weight is 142 g/mol. The van der Waals surface area contributed by atoms with Gasteiger partial charge in [0.05, 0.1) is 13.1 Å². The molecule has 0 spiro atoms. The lowest BCUT2D eigenvalue weighted by atomic mass is 10.4. The molecule has 0 radical (unpaired) electrons. The van der Waals surface area contributed by atoms with Crippen molar-refractivity contribution in [1.29, 1.82) is 0 Å². The molecule has 10 heavy (non-hydrogen) atoms. The normalized spacial score (nSPS) is 26.4. The fourth-order valence-corrected chi connectivity index (χ4v) is 1.01. The summed E-state index contributed by atoms with van der Waals surface area (Å²) in [5.41, 5.74) is 4.87. The van der Waals surface area contributed by atoms with Crippen molar-refractivity contribution in [1.82, 2.24) is 21.1 Å². The summed E-state index contributed by atoms with van der Waals surface area (Å²) in [6.45, 7) is 0.525. The number of Topliss-reactive ketones (excluding diaryl/α,β-unsaturated/α-hetero) is 1. The molecule has 2 amide bonds. The highest BCUT2D eigenvalue weighted by molar-refractivity contribution is 5.86. The van der Waals surface area contributed by atoms with E-state index in [0.717, 1.165) is 0 Å². The summed E-state index contributed by atoms with van der Waals surface area (Å²) >= 11 is 0. The first-order valence-electron chi connectivity index (χ1n) is 2.90.